The van der Waals surface area contributed by atoms with Crippen LogP contribution in [-0.2, 0) is 0 Å². The summed E-state index contributed by atoms with van der Waals surface area (Å²) < 4.78 is 15.1. The van der Waals surface area contributed by atoms with Crippen LogP contribution in [0.1, 0.15) is 10.5 Å². The Balaban J connectivity index is 1.54. The van der Waals surface area contributed by atoms with E-state index in [1.165, 1.54) is 23.9 Å². The highest BCUT2D eigenvalue weighted by Gasteiger charge is 2.26. The van der Waals surface area contributed by atoms with Gasteiger partial charge in [0.1, 0.15) is 17.3 Å². The molecule has 1 aliphatic rings. The number of carbonyl (C=O) groups excluding carboxylic acids is 1. The third-order valence-electron chi connectivity index (χ3n) is 4.76. The predicted molar refractivity (Wildman–Crippen MR) is 108 cm³/mol. The van der Waals surface area contributed by atoms with Gasteiger partial charge in [0.2, 0.25) is 0 Å². The number of imidazole rings is 1. The van der Waals surface area contributed by atoms with Gasteiger partial charge in [-0.3, -0.25) is 9.36 Å². The molecule has 1 amide bonds. The number of halogens is 1. The van der Waals surface area contributed by atoms with Crippen LogP contribution in [0.5, 0.6) is 0 Å². The summed E-state index contributed by atoms with van der Waals surface area (Å²) in [5, 5.41) is 0.696. The number of rotatable bonds is 4. The fraction of sp³-hybridized carbons (Fsp3) is 0.250. The lowest BCUT2D eigenvalue weighted by Crippen LogP contribution is -2.49. The lowest BCUT2D eigenvalue weighted by atomic mass is 10.2. The van der Waals surface area contributed by atoms with Crippen LogP contribution in [0.25, 0.3) is 5.69 Å². The predicted octanol–water partition coefficient (Wildman–Crippen LogP) is 3.09. The van der Waals surface area contributed by atoms with Crippen molar-refractivity contribution in [2.45, 2.75) is 5.16 Å². The standard InChI is InChI=1S/C20H20FN5OS/c1-28-20-23-14-17(26(20)16-7-5-15(21)6-8-16)19(27)25-12-10-24(11-13-25)18-4-2-3-9-22-18/h2-9,14H,10-13H2,1H3. The highest BCUT2D eigenvalue weighted by Crippen LogP contribution is 2.23. The Morgan fingerprint density at radius 3 is 2.43 bits per heavy atom. The zero-order valence-electron chi connectivity index (χ0n) is 15.5. The Morgan fingerprint density at radius 1 is 1.04 bits per heavy atom. The molecule has 6 nitrogen and oxygen atoms in total. The van der Waals surface area contributed by atoms with Crippen molar-refractivity contribution in [3.05, 3.63) is 66.4 Å². The Hall–Kier alpha value is -2.87. The second kappa shape index (κ2) is 8.02. The van der Waals surface area contributed by atoms with Crippen molar-refractivity contribution in [1.29, 1.82) is 0 Å². The highest BCUT2D eigenvalue weighted by atomic mass is 32.2. The molecule has 0 radical (unpaired) electrons. The van der Waals surface area contributed by atoms with Gasteiger partial charge in [0.05, 0.1) is 6.20 Å². The van der Waals surface area contributed by atoms with E-state index in [1.54, 1.807) is 29.1 Å². The van der Waals surface area contributed by atoms with Gasteiger partial charge in [-0.05, 0) is 42.7 Å². The minimum atomic E-state index is -0.312. The first-order valence-electron chi connectivity index (χ1n) is 9.00. The average molecular weight is 397 g/mol. The molecular weight excluding hydrogens is 377 g/mol. The van der Waals surface area contributed by atoms with Gasteiger partial charge in [-0.25, -0.2) is 14.4 Å². The number of piperazine rings is 1. The maximum Gasteiger partial charge on any atom is 0.272 e. The molecule has 28 heavy (non-hydrogen) atoms. The van der Waals surface area contributed by atoms with Crippen molar-refractivity contribution in [3.8, 4) is 5.69 Å². The molecule has 1 aliphatic heterocycles. The van der Waals surface area contributed by atoms with Crippen LogP contribution >= 0.6 is 11.8 Å². The average Bonchev–Trinajstić information content (AvgIpc) is 3.18. The maximum atomic E-state index is 13.3. The summed E-state index contributed by atoms with van der Waals surface area (Å²) in [6.07, 6.45) is 5.28. The summed E-state index contributed by atoms with van der Waals surface area (Å²) in [4.78, 5) is 25.9. The molecule has 0 spiro atoms. The van der Waals surface area contributed by atoms with Gasteiger partial charge >= 0.3 is 0 Å². The van der Waals surface area contributed by atoms with Crippen molar-refractivity contribution in [1.82, 2.24) is 19.4 Å². The number of benzene rings is 1. The van der Waals surface area contributed by atoms with E-state index in [0.29, 0.717) is 23.9 Å². The van der Waals surface area contributed by atoms with E-state index in [0.717, 1.165) is 24.6 Å². The van der Waals surface area contributed by atoms with E-state index in [1.807, 2.05) is 29.4 Å². The fourth-order valence-corrected chi connectivity index (χ4v) is 3.86. The number of thioether (sulfide) groups is 1. The zero-order chi connectivity index (χ0) is 19.5. The van der Waals surface area contributed by atoms with E-state index >= 15 is 0 Å². The Bertz CT molecular complexity index is 952. The van der Waals surface area contributed by atoms with Crippen molar-refractivity contribution in [3.63, 3.8) is 0 Å². The van der Waals surface area contributed by atoms with E-state index in [9.17, 15) is 9.18 Å². The van der Waals surface area contributed by atoms with E-state index in [-0.39, 0.29) is 11.7 Å². The van der Waals surface area contributed by atoms with Crippen LogP contribution in [0.4, 0.5) is 10.2 Å². The SMILES string of the molecule is CSc1ncc(C(=O)N2CCN(c3ccccn3)CC2)n1-c1ccc(F)cc1. The van der Waals surface area contributed by atoms with Crippen LogP contribution in [0.15, 0.2) is 60.0 Å². The van der Waals surface area contributed by atoms with E-state index in [4.69, 9.17) is 0 Å². The zero-order valence-corrected chi connectivity index (χ0v) is 16.3. The molecule has 4 rings (SSSR count). The number of hydrogen-bond donors (Lipinski definition) is 0. The fourth-order valence-electron chi connectivity index (χ4n) is 3.31. The van der Waals surface area contributed by atoms with Crippen LogP contribution < -0.4 is 4.90 Å². The molecule has 2 aromatic heterocycles. The summed E-state index contributed by atoms with van der Waals surface area (Å²) in [5.41, 5.74) is 1.21. The van der Waals surface area contributed by atoms with Gasteiger partial charge in [-0.15, -0.1) is 0 Å². The number of hydrogen-bond acceptors (Lipinski definition) is 5. The lowest BCUT2D eigenvalue weighted by Gasteiger charge is -2.35. The molecule has 0 aliphatic carbocycles. The van der Waals surface area contributed by atoms with Gasteiger partial charge in [0, 0.05) is 38.1 Å². The molecule has 0 unspecified atom stereocenters. The second-order valence-electron chi connectivity index (χ2n) is 6.41. The van der Waals surface area contributed by atoms with Gasteiger partial charge in [-0.2, -0.15) is 0 Å². The molecular formula is C20H20FN5OS. The normalized spacial score (nSPS) is 14.4. The van der Waals surface area contributed by atoms with Gasteiger partial charge < -0.3 is 9.80 Å². The maximum absolute atomic E-state index is 13.3. The van der Waals surface area contributed by atoms with Gasteiger partial charge in [0.15, 0.2) is 5.16 Å². The third kappa shape index (κ3) is 3.60. The van der Waals surface area contributed by atoms with Crippen molar-refractivity contribution in [2.24, 2.45) is 0 Å². The Kier molecular flexibility index (Phi) is 5.29. The summed E-state index contributed by atoms with van der Waals surface area (Å²) in [5.74, 6) is 0.543. The first-order valence-corrected chi connectivity index (χ1v) is 10.2. The molecule has 8 heteroatoms. The monoisotopic (exact) mass is 397 g/mol. The lowest BCUT2D eigenvalue weighted by molar-refractivity contribution is 0.0738. The summed E-state index contributed by atoms with van der Waals surface area (Å²) in [6.45, 7) is 2.67. The number of carbonyl (C=O) groups is 1. The summed E-state index contributed by atoms with van der Waals surface area (Å²) in [7, 11) is 0. The largest absolute Gasteiger partial charge is 0.353 e. The molecule has 0 atom stereocenters. The minimum Gasteiger partial charge on any atom is -0.353 e. The highest BCUT2D eigenvalue weighted by molar-refractivity contribution is 7.98. The van der Waals surface area contributed by atoms with Gasteiger partial charge in [0.25, 0.3) is 5.91 Å². The summed E-state index contributed by atoms with van der Waals surface area (Å²) >= 11 is 1.45. The topological polar surface area (TPSA) is 54.3 Å². The first-order chi connectivity index (χ1) is 13.7. The molecule has 0 saturated carbocycles. The van der Waals surface area contributed by atoms with Crippen molar-refractivity contribution >= 4 is 23.5 Å². The smallest absolute Gasteiger partial charge is 0.272 e. The Labute approximate surface area is 167 Å². The minimum absolute atomic E-state index is 0.0715. The molecule has 1 fully saturated rings. The van der Waals surface area contributed by atoms with Crippen LogP contribution in [-0.4, -0.2) is 57.8 Å². The number of amides is 1. The van der Waals surface area contributed by atoms with Crippen LogP contribution in [0.3, 0.4) is 0 Å². The second-order valence-corrected chi connectivity index (χ2v) is 7.18. The molecule has 1 saturated heterocycles. The molecule has 1 aromatic carbocycles. The Morgan fingerprint density at radius 2 is 1.79 bits per heavy atom. The van der Waals surface area contributed by atoms with Gasteiger partial charge in [-0.1, -0.05) is 17.8 Å². The quantitative estimate of drug-likeness (QED) is 0.634. The number of nitrogens with zero attached hydrogens (tertiary/aromatic N) is 5. The molecule has 3 heterocycles. The van der Waals surface area contributed by atoms with E-state index in [2.05, 4.69) is 14.9 Å². The number of pyridine rings is 1. The van der Waals surface area contributed by atoms with Crippen molar-refractivity contribution < 1.29 is 9.18 Å². The summed E-state index contributed by atoms with van der Waals surface area (Å²) in [6, 6.07) is 11.9. The van der Waals surface area contributed by atoms with E-state index < -0.39 is 0 Å². The van der Waals surface area contributed by atoms with Crippen LogP contribution in [0.2, 0.25) is 0 Å². The number of aromatic nitrogens is 3. The molecule has 144 valence electrons. The van der Waals surface area contributed by atoms with Crippen molar-refractivity contribution in [2.75, 3.05) is 37.3 Å². The molecule has 0 bridgehead atoms. The first kappa shape index (κ1) is 18.5. The molecule has 3 aromatic rings. The number of anilines is 1. The van der Waals surface area contributed by atoms with Crippen LogP contribution in [0, 0.1) is 5.82 Å². The molecule has 0 N–H and O–H groups in total. The third-order valence-corrected chi connectivity index (χ3v) is 5.41.